The number of aromatic nitrogens is 2. The van der Waals surface area contributed by atoms with Crippen molar-refractivity contribution in [2.45, 2.75) is 19.8 Å². The summed E-state index contributed by atoms with van der Waals surface area (Å²) in [6.45, 7) is 2.23. The number of ether oxygens (including phenoxy) is 1. The molecule has 0 spiro atoms. The quantitative estimate of drug-likeness (QED) is 0.627. The van der Waals surface area contributed by atoms with Crippen LogP contribution < -0.4 is 0 Å². The molecule has 23 heavy (non-hydrogen) atoms. The highest BCUT2D eigenvalue weighted by molar-refractivity contribution is 9.10. The van der Waals surface area contributed by atoms with E-state index < -0.39 is 0 Å². The third-order valence-corrected chi connectivity index (χ3v) is 4.19. The van der Waals surface area contributed by atoms with Crippen molar-refractivity contribution in [1.29, 1.82) is 0 Å². The van der Waals surface area contributed by atoms with Crippen molar-refractivity contribution < 1.29 is 14.2 Å². The summed E-state index contributed by atoms with van der Waals surface area (Å²) < 4.78 is 10.6. The van der Waals surface area contributed by atoms with Gasteiger partial charge in [-0.2, -0.15) is 0 Å². The van der Waals surface area contributed by atoms with Gasteiger partial charge in [-0.3, -0.25) is 4.79 Å². The molecule has 2 aromatic carbocycles. The fourth-order valence-electron chi connectivity index (χ4n) is 2.40. The number of halogens is 1. The van der Waals surface area contributed by atoms with E-state index in [1.807, 2.05) is 43.3 Å². The molecule has 3 rings (SSSR count). The summed E-state index contributed by atoms with van der Waals surface area (Å²) in [6.07, 6.45) is 1.06. The molecule has 1 heterocycles. The van der Waals surface area contributed by atoms with Gasteiger partial charge >= 0.3 is 5.97 Å². The standard InChI is InChI=1S/C17H15BrN2O3/c1-2-22-15(21)10-5-11-3-6-12(7-4-11)13-8-9-14(18)17-16(13)19-23-20-17/h3-4,6-9H,2,5,10H2,1H3. The smallest absolute Gasteiger partial charge is 0.306 e. The second-order valence-corrected chi connectivity index (χ2v) is 5.91. The molecule has 0 radical (unpaired) electrons. The van der Waals surface area contributed by atoms with E-state index in [2.05, 4.69) is 26.2 Å². The molecule has 0 aliphatic rings. The lowest BCUT2D eigenvalue weighted by atomic mass is 10.0. The number of rotatable bonds is 5. The van der Waals surface area contributed by atoms with E-state index in [4.69, 9.17) is 9.37 Å². The molecular formula is C17H15BrN2O3. The van der Waals surface area contributed by atoms with Gasteiger partial charge in [-0.25, -0.2) is 4.63 Å². The Bertz CT molecular complexity index is 827. The molecule has 0 saturated heterocycles. The van der Waals surface area contributed by atoms with Crippen LogP contribution in [0.15, 0.2) is 45.5 Å². The molecule has 0 N–H and O–H groups in total. The monoisotopic (exact) mass is 374 g/mol. The van der Waals surface area contributed by atoms with Crippen LogP contribution in [0.2, 0.25) is 0 Å². The number of nitrogens with zero attached hydrogens (tertiary/aromatic N) is 2. The largest absolute Gasteiger partial charge is 0.466 e. The molecule has 0 atom stereocenters. The first-order valence-corrected chi connectivity index (χ1v) is 8.14. The molecule has 0 unspecified atom stereocenters. The van der Waals surface area contributed by atoms with Crippen molar-refractivity contribution in [3.8, 4) is 11.1 Å². The summed E-state index contributed by atoms with van der Waals surface area (Å²) in [5.74, 6) is -0.167. The lowest BCUT2D eigenvalue weighted by molar-refractivity contribution is -0.143. The molecule has 6 heteroatoms. The van der Waals surface area contributed by atoms with Crippen molar-refractivity contribution in [3.63, 3.8) is 0 Å². The van der Waals surface area contributed by atoms with Crippen molar-refractivity contribution >= 4 is 32.9 Å². The SMILES string of the molecule is CCOC(=O)CCc1ccc(-c2ccc(Br)c3nonc23)cc1. The lowest BCUT2D eigenvalue weighted by Gasteiger charge is -2.05. The Morgan fingerprint density at radius 2 is 1.87 bits per heavy atom. The minimum absolute atomic E-state index is 0.167. The minimum atomic E-state index is -0.167. The maximum absolute atomic E-state index is 11.4. The molecule has 0 bridgehead atoms. The maximum atomic E-state index is 11.4. The molecule has 5 nitrogen and oxygen atoms in total. The first-order valence-electron chi connectivity index (χ1n) is 7.34. The van der Waals surface area contributed by atoms with Crippen LogP contribution in [0.25, 0.3) is 22.2 Å². The van der Waals surface area contributed by atoms with Crippen LogP contribution in [0.1, 0.15) is 18.9 Å². The van der Waals surface area contributed by atoms with E-state index in [0.717, 1.165) is 26.7 Å². The second-order valence-electron chi connectivity index (χ2n) is 5.06. The molecule has 0 aliphatic heterocycles. The number of carbonyl (C=O) groups is 1. The number of fused-ring (bicyclic) bond motifs is 1. The Kier molecular flexibility index (Phi) is 4.71. The van der Waals surface area contributed by atoms with Crippen molar-refractivity contribution in [1.82, 2.24) is 10.3 Å². The Hall–Kier alpha value is -2.21. The van der Waals surface area contributed by atoms with E-state index in [1.54, 1.807) is 0 Å². The molecule has 0 saturated carbocycles. The number of carbonyl (C=O) groups excluding carboxylic acids is 1. The normalized spacial score (nSPS) is 10.9. The third kappa shape index (κ3) is 3.42. The van der Waals surface area contributed by atoms with Crippen LogP contribution in [0.4, 0.5) is 0 Å². The first-order chi connectivity index (χ1) is 11.2. The number of aryl methyl sites for hydroxylation is 1. The summed E-state index contributed by atoms with van der Waals surface area (Å²) in [5, 5.41) is 7.88. The van der Waals surface area contributed by atoms with Gasteiger partial charge in [0.15, 0.2) is 0 Å². The average Bonchev–Trinajstić information content (AvgIpc) is 3.05. The number of hydrogen-bond acceptors (Lipinski definition) is 5. The van der Waals surface area contributed by atoms with Crippen LogP contribution in [0.3, 0.4) is 0 Å². The van der Waals surface area contributed by atoms with Crippen LogP contribution in [0, 0.1) is 0 Å². The lowest BCUT2D eigenvalue weighted by Crippen LogP contribution is -2.05. The molecule has 0 amide bonds. The molecule has 0 fully saturated rings. The van der Waals surface area contributed by atoms with Gasteiger partial charge in [-0.05, 0) is 56.8 Å². The zero-order valence-electron chi connectivity index (χ0n) is 12.6. The van der Waals surface area contributed by atoms with Gasteiger partial charge in [0.25, 0.3) is 0 Å². The van der Waals surface area contributed by atoms with Gasteiger partial charge in [0, 0.05) is 16.5 Å². The molecule has 3 aromatic rings. The zero-order chi connectivity index (χ0) is 16.2. The van der Waals surface area contributed by atoms with Gasteiger partial charge in [-0.15, -0.1) is 0 Å². The fraction of sp³-hybridized carbons (Fsp3) is 0.235. The highest BCUT2D eigenvalue weighted by Crippen LogP contribution is 2.31. The second kappa shape index (κ2) is 6.91. The van der Waals surface area contributed by atoms with Gasteiger partial charge in [0.05, 0.1) is 6.61 Å². The predicted octanol–water partition coefficient (Wildman–Crippen LogP) is 4.15. The highest BCUT2D eigenvalue weighted by atomic mass is 79.9. The summed E-state index contributed by atoms with van der Waals surface area (Å²) in [6, 6.07) is 11.9. The van der Waals surface area contributed by atoms with E-state index in [0.29, 0.717) is 25.0 Å². The van der Waals surface area contributed by atoms with Crippen LogP contribution >= 0.6 is 15.9 Å². The zero-order valence-corrected chi connectivity index (χ0v) is 14.2. The molecule has 118 valence electrons. The van der Waals surface area contributed by atoms with Gasteiger partial charge in [0.2, 0.25) is 0 Å². The van der Waals surface area contributed by atoms with Crippen LogP contribution in [-0.2, 0) is 16.0 Å². The molecular weight excluding hydrogens is 360 g/mol. The first kappa shape index (κ1) is 15.7. The topological polar surface area (TPSA) is 65.2 Å². The molecule has 1 aromatic heterocycles. The van der Waals surface area contributed by atoms with Crippen molar-refractivity contribution in [2.24, 2.45) is 0 Å². The van der Waals surface area contributed by atoms with Crippen molar-refractivity contribution in [3.05, 3.63) is 46.4 Å². The van der Waals surface area contributed by atoms with Gasteiger partial charge in [0.1, 0.15) is 11.0 Å². The number of benzene rings is 2. The maximum Gasteiger partial charge on any atom is 0.306 e. The van der Waals surface area contributed by atoms with Gasteiger partial charge in [-0.1, -0.05) is 30.3 Å². The third-order valence-electron chi connectivity index (χ3n) is 3.55. The van der Waals surface area contributed by atoms with E-state index in [1.165, 1.54) is 0 Å². The summed E-state index contributed by atoms with van der Waals surface area (Å²) in [5.41, 5.74) is 4.50. The van der Waals surface area contributed by atoms with Gasteiger partial charge < -0.3 is 4.74 Å². The van der Waals surface area contributed by atoms with E-state index in [-0.39, 0.29) is 5.97 Å². The van der Waals surface area contributed by atoms with Crippen molar-refractivity contribution in [2.75, 3.05) is 6.61 Å². The predicted molar refractivity (Wildman–Crippen MR) is 89.9 cm³/mol. The Morgan fingerprint density at radius 1 is 1.13 bits per heavy atom. The molecule has 0 aliphatic carbocycles. The van der Waals surface area contributed by atoms with Crippen LogP contribution in [-0.4, -0.2) is 22.9 Å². The average molecular weight is 375 g/mol. The fourth-order valence-corrected chi connectivity index (χ4v) is 2.79. The summed E-state index contributed by atoms with van der Waals surface area (Å²) in [7, 11) is 0. The Labute approximate surface area is 141 Å². The summed E-state index contributed by atoms with van der Waals surface area (Å²) >= 11 is 3.43. The minimum Gasteiger partial charge on any atom is -0.466 e. The Balaban J connectivity index is 1.80. The summed E-state index contributed by atoms with van der Waals surface area (Å²) in [4.78, 5) is 11.4. The number of hydrogen-bond donors (Lipinski definition) is 0. The van der Waals surface area contributed by atoms with E-state index >= 15 is 0 Å². The Morgan fingerprint density at radius 3 is 2.61 bits per heavy atom. The number of esters is 1. The van der Waals surface area contributed by atoms with E-state index in [9.17, 15) is 4.79 Å². The highest BCUT2D eigenvalue weighted by Gasteiger charge is 2.12. The van der Waals surface area contributed by atoms with Crippen LogP contribution in [0.5, 0.6) is 0 Å².